The van der Waals surface area contributed by atoms with Gasteiger partial charge in [0.05, 0.1) is 6.42 Å². The Labute approximate surface area is 239 Å². The highest BCUT2D eigenvalue weighted by Crippen LogP contribution is 2.51. The number of Topliss-reactive ketones (excluding diaryl/α,β-unsaturated/α-hetero) is 2. The van der Waals surface area contributed by atoms with Gasteiger partial charge in [0.15, 0.2) is 11.6 Å². The standard InChI is InChI=1S/C29H26BrCl2NO5/c30-17-8-10-25(38-15-16-7-9-18(31)14-20(16)32)19(13-17)27-28-21(3-1-5-23(28)34)33(12-11-26(36)37)22-4-2-6-24(35)29(22)27/h7-10,13-14,27H,1-6,11-12,15H2,(H,36,37). The van der Waals surface area contributed by atoms with E-state index < -0.39 is 11.9 Å². The van der Waals surface area contributed by atoms with Gasteiger partial charge in [-0.25, -0.2) is 0 Å². The number of carbonyl (C=O) groups excluding carboxylic acids is 2. The zero-order valence-electron chi connectivity index (χ0n) is 20.6. The number of carboxylic acid groups (broad SMARTS) is 1. The van der Waals surface area contributed by atoms with Crippen molar-refractivity contribution >= 4 is 56.7 Å². The molecule has 0 fully saturated rings. The van der Waals surface area contributed by atoms with Crippen LogP contribution in [0, 0.1) is 0 Å². The van der Waals surface area contributed by atoms with E-state index in [0.717, 1.165) is 27.0 Å². The normalized spacial score (nSPS) is 18.0. The maximum Gasteiger partial charge on any atom is 0.305 e. The molecule has 1 heterocycles. The number of ketones is 2. The van der Waals surface area contributed by atoms with Crippen LogP contribution in [0.3, 0.4) is 0 Å². The van der Waals surface area contributed by atoms with E-state index in [9.17, 15) is 19.5 Å². The Hall–Kier alpha value is -2.61. The molecule has 0 saturated heterocycles. The van der Waals surface area contributed by atoms with E-state index in [0.29, 0.717) is 65.5 Å². The van der Waals surface area contributed by atoms with Crippen molar-refractivity contribution in [3.8, 4) is 5.75 Å². The lowest BCUT2D eigenvalue weighted by Crippen LogP contribution is -2.40. The fourth-order valence-corrected chi connectivity index (χ4v) is 6.52. The van der Waals surface area contributed by atoms with Crippen LogP contribution >= 0.6 is 39.1 Å². The Morgan fingerprint density at radius 1 is 0.974 bits per heavy atom. The molecule has 6 nitrogen and oxygen atoms in total. The third-order valence-corrected chi connectivity index (χ3v) is 8.40. The molecule has 0 bridgehead atoms. The van der Waals surface area contributed by atoms with Crippen LogP contribution in [-0.4, -0.2) is 34.1 Å². The second-order valence-electron chi connectivity index (χ2n) is 9.71. The van der Waals surface area contributed by atoms with Crippen molar-refractivity contribution in [2.75, 3.05) is 6.54 Å². The van der Waals surface area contributed by atoms with E-state index in [2.05, 4.69) is 15.9 Å². The van der Waals surface area contributed by atoms with Crippen LogP contribution in [0.25, 0.3) is 0 Å². The van der Waals surface area contributed by atoms with E-state index in [4.69, 9.17) is 27.9 Å². The van der Waals surface area contributed by atoms with Crippen LogP contribution in [0.1, 0.15) is 62.0 Å². The summed E-state index contributed by atoms with van der Waals surface area (Å²) in [6.45, 7) is 0.416. The van der Waals surface area contributed by atoms with Crippen LogP contribution in [0.5, 0.6) is 5.75 Å². The van der Waals surface area contributed by atoms with Crippen LogP contribution in [0.2, 0.25) is 10.0 Å². The summed E-state index contributed by atoms with van der Waals surface area (Å²) >= 11 is 16.0. The van der Waals surface area contributed by atoms with E-state index in [-0.39, 0.29) is 31.1 Å². The number of hydrogen-bond acceptors (Lipinski definition) is 5. The molecule has 1 N–H and O–H groups in total. The maximum absolute atomic E-state index is 13.5. The first kappa shape index (κ1) is 27.0. The van der Waals surface area contributed by atoms with Crippen molar-refractivity contribution in [1.82, 2.24) is 4.90 Å². The molecule has 1 aliphatic heterocycles. The highest BCUT2D eigenvalue weighted by molar-refractivity contribution is 9.10. The monoisotopic (exact) mass is 617 g/mol. The smallest absolute Gasteiger partial charge is 0.305 e. The number of hydrogen-bond donors (Lipinski definition) is 1. The van der Waals surface area contributed by atoms with Gasteiger partial charge in [0.1, 0.15) is 12.4 Å². The molecule has 0 saturated carbocycles. The molecular weight excluding hydrogens is 593 g/mol. The number of rotatable bonds is 7. The molecule has 2 aliphatic carbocycles. The summed E-state index contributed by atoms with van der Waals surface area (Å²) in [5, 5.41) is 10.4. The minimum Gasteiger partial charge on any atom is -0.489 e. The van der Waals surface area contributed by atoms with Crippen molar-refractivity contribution < 1.29 is 24.2 Å². The maximum atomic E-state index is 13.5. The number of aliphatic carboxylic acids is 1. The van der Waals surface area contributed by atoms with Gasteiger partial charge in [-0.1, -0.05) is 45.2 Å². The fraction of sp³-hybridized carbons (Fsp3) is 0.345. The highest BCUT2D eigenvalue weighted by Gasteiger charge is 2.44. The van der Waals surface area contributed by atoms with Gasteiger partial charge < -0.3 is 14.7 Å². The summed E-state index contributed by atoms with van der Waals surface area (Å²) in [6, 6.07) is 10.8. The van der Waals surface area contributed by atoms with Gasteiger partial charge >= 0.3 is 5.97 Å². The topological polar surface area (TPSA) is 83.9 Å². The fourth-order valence-electron chi connectivity index (χ4n) is 5.68. The number of nitrogens with zero attached hydrogens (tertiary/aromatic N) is 1. The van der Waals surface area contributed by atoms with Crippen LogP contribution < -0.4 is 4.74 Å². The summed E-state index contributed by atoms with van der Waals surface area (Å²) < 4.78 is 7.08. The zero-order chi connectivity index (χ0) is 27.0. The Morgan fingerprint density at radius 2 is 1.63 bits per heavy atom. The molecule has 0 unspecified atom stereocenters. The summed E-state index contributed by atoms with van der Waals surface area (Å²) in [7, 11) is 0. The molecule has 0 atom stereocenters. The second-order valence-corrected chi connectivity index (χ2v) is 11.5. The molecule has 0 aromatic heterocycles. The number of benzene rings is 2. The van der Waals surface area contributed by atoms with Crippen LogP contribution in [0.15, 0.2) is 63.4 Å². The number of allylic oxidation sites excluding steroid dienone is 4. The molecule has 0 spiro atoms. The Morgan fingerprint density at radius 3 is 2.24 bits per heavy atom. The Balaban J connectivity index is 1.63. The molecule has 2 aromatic rings. The van der Waals surface area contributed by atoms with Gasteiger partial charge in [-0.2, -0.15) is 0 Å². The van der Waals surface area contributed by atoms with Gasteiger partial charge in [-0.3, -0.25) is 14.4 Å². The Bertz CT molecular complexity index is 1360. The SMILES string of the molecule is O=C(O)CCN1C2=C(C(=O)CCC2)C(c2cc(Br)ccc2OCc2ccc(Cl)cc2Cl)C2=C1CCCC2=O. The average Bonchev–Trinajstić information content (AvgIpc) is 2.87. The highest BCUT2D eigenvalue weighted by atomic mass is 79.9. The van der Waals surface area contributed by atoms with Crippen molar-refractivity contribution in [2.24, 2.45) is 0 Å². The van der Waals surface area contributed by atoms with Crippen molar-refractivity contribution in [3.63, 3.8) is 0 Å². The first-order chi connectivity index (χ1) is 18.2. The second kappa shape index (κ2) is 11.2. The third kappa shape index (κ3) is 5.29. The predicted molar refractivity (Wildman–Crippen MR) is 148 cm³/mol. The average molecular weight is 619 g/mol. The minimum absolute atomic E-state index is 0.00632. The first-order valence-corrected chi connectivity index (χ1v) is 14.2. The minimum atomic E-state index is -0.913. The summed E-state index contributed by atoms with van der Waals surface area (Å²) in [5.74, 6) is -0.945. The van der Waals surface area contributed by atoms with Crippen molar-refractivity contribution in [2.45, 2.75) is 57.5 Å². The molecular formula is C29H26BrCl2NO5. The lowest BCUT2D eigenvalue weighted by molar-refractivity contribution is -0.137. The molecule has 3 aliphatic rings. The Kier molecular flexibility index (Phi) is 7.98. The van der Waals surface area contributed by atoms with E-state index in [1.54, 1.807) is 18.2 Å². The summed E-state index contributed by atoms with van der Waals surface area (Å²) in [6.07, 6.45) is 3.42. The van der Waals surface area contributed by atoms with Crippen LogP contribution in [0.4, 0.5) is 0 Å². The number of carbonyl (C=O) groups is 3. The van der Waals surface area contributed by atoms with Crippen molar-refractivity contribution in [3.05, 3.63) is 84.6 Å². The lowest BCUT2D eigenvalue weighted by atomic mass is 9.70. The first-order valence-electron chi connectivity index (χ1n) is 12.6. The summed E-state index contributed by atoms with van der Waals surface area (Å²) in [4.78, 5) is 40.4. The molecule has 0 radical (unpaired) electrons. The van der Waals surface area contributed by atoms with Gasteiger partial charge in [-0.15, -0.1) is 0 Å². The predicted octanol–water partition coefficient (Wildman–Crippen LogP) is 7.22. The van der Waals surface area contributed by atoms with Gasteiger partial charge in [0.25, 0.3) is 0 Å². The van der Waals surface area contributed by atoms with E-state index >= 15 is 0 Å². The lowest BCUT2D eigenvalue weighted by Gasteiger charge is -2.44. The largest absolute Gasteiger partial charge is 0.489 e. The van der Waals surface area contributed by atoms with Crippen molar-refractivity contribution in [1.29, 1.82) is 0 Å². The van der Waals surface area contributed by atoms with Gasteiger partial charge in [0, 0.05) is 73.5 Å². The van der Waals surface area contributed by atoms with Crippen LogP contribution in [-0.2, 0) is 21.0 Å². The van der Waals surface area contributed by atoms with E-state index in [1.807, 2.05) is 23.1 Å². The third-order valence-electron chi connectivity index (χ3n) is 7.32. The molecule has 9 heteroatoms. The molecule has 2 aromatic carbocycles. The summed E-state index contributed by atoms with van der Waals surface area (Å²) in [5.41, 5.74) is 4.34. The van der Waals surface area contributed by atoms with E-state index in [1.165, 1.54) is 0 Å². The van der Waals surface area contributed by atoms with Gasteiger partial charge in [0.2, 0.25) is 0 Å². The number of carboxylic acids is 1. The molecule has 38 heavy (non-hydrogen) atoms. The number of ether oxygens (including phenoxy) is 1. The molecule has 198 valence electrons. The quantitative estimate of drug-likeness (QED) is 0.353. The zero-order valence-corrected chi connectivity index (χ0v) is 23.7. The van der Waals surface area contributed by atoms with Gasteiger partial charge in [-0.05, 0) is 56.0 Å². The molecule has 0 amide bonds. The molecule has 5 rings (SSSR count). The number of halogens is 3.